The number of rotatable bonds is 72. The van der Waals surface area contributed by atoms with Crippen molar-refractivity contribution in [1.29, 1.82) is 0 Å². The van der Waals surface area contributed by atoms with Crippen molar-refractivity contribution in [3.05, 3.63) is 48.6 Å². The van der Waals surface area contributed by atoms with Crippen molar-refractivity contribution in [3.63, 3.8) is 0 Å². The summed E-state index contributed by atoms with van der Waals surface area (Å²) in [4.78, 5) is 24.7. The fraction of sp³-hybridized carbons (Fsp3) is 0.873. The molecule has 1 amide bonds. The molecule has 3 N–H and O–H groups in total. The van der Waals surface area contributed by atoms with E-state index in [4.69, 9.17) is 4.74 Å². The number of carbonyl (C=O) groups is 2. The van der Waals surface area contributed by atoms with E-state index in [1.807, 2.05) is 0 Å². The van der Waals surface area contributed by atoms with Gasteiger partial charge in [-0.1, -0.05) is 364 Å². The number of hydrogen-bond acceptors (Lipinski definition) is 5. The van der Waals surface area contributed by atoms with Crippen LogP contribution < -0.4 is 5.32 Å². The van der Waals surface area contributed by atoms with E-state index in [2.05, 4.69) is 67.8 Å². The standard InChI is InChI=1S/C79H149NO5/c1-3-5-7-9-11-13-15-17-19-21-22-23-24-28-31-34-37-40-43-47-51-55-59-63-67-71-77(82)76(75-81)80-78(83)72-68-64-60-56-52-48-44-41-38-35-32-29-26-25-27-30-33-36-39-42-46-50-54-58-62-66-70-74-85-79(84)73-69-65-61-57-53-49-45-20-18-16-14-12-10-8-6-4-2/h14,16,20,25-26,30,33,45,76-77,81-82H,3-13,15,17-19,21-24,27-29,31-32,34-44,46-75H2,1-2H3,(H,80,83)/b16-14-,26-25-,33-30-,45-20-. The van der Waals surface area contributed by atoms with Gasteiger partial charge in [-0.25, -0.2) is 0 Å². The first kappa shape index (κ1) is 82.8. The second-order valence-electron chi connectivity index (χ2n) is 26.3. The highest BCUT2D eigenvalue weighted by Gasteiger charge is 2.20. The van der Waals surface area contributed by atoms with E-state index in [-0.39, 0.29) is 18.5 Å². The highest BCUT2D eigenvalue weighted by molar-refractivity contribution is 5.76. The maximum atomic E-state index is 12.6. The van der Waals surface area contributed by atoms with Crippen molar-refractivity contribution >= 4 is 11.9 Å². The number of aliphatic hydroxyl groups excluding tert-OH is 2. The highest BCUT2D eigenvalue weighted by atomic mass is 16.5. The molecule has 0 aromatic carbocycles. The Morgan fingerprint density at radius 1 is 0.329 bits per heavy atom. The monoisotopic (exact) mass is 1190 g/mol. The minimum absolute atomic E-state index is 0.00232. The minimum Gasteiger partial charge on any atom is -0.466 e. The average molecular weight is 1190 g/mol. The molecule has 0 aliphatic heterocycles. The van der Waals surface area contributed by atoms with Crippen LogP contribution in [0.15, 0.2) is 48.6 Å². The predicted octanol–water partition coefficient (Wildman–Crippen LogP) is 25.2. The Morgan fingerprint density at radius 2 is 0.588 bits per heavy atom. The van der Waals surface area contributed by atoms with Gasteiger partial charge in [0, 0.05) is 12.8 Å². The zero-order valence-electron chi connectivity index (χ0n) is 57.4. The summed E-state index contributed by atoms with van der Waals surface area (Å²) in [6.45, 7) is 4.96. The Morgan fingerprint density at radius 3 is 0.906 bits per heavy atom. The number of carbonyl (C=O) groups excluding carboxylic acids is 2. The molecule has 0 aromatic heterocycles. The summed E-state index contributed by atoms with van der Waals surface area (Å²) < 4.78 is 5.49. The Balaban J connectivity index is 3.42. The largest absolute Gasteiger partial charge is 0.466 e. The van der Waals surface area contributed by atoms with Crippen molar-refractivity contribution in [2.75, 3.05) is 13.2 Å². The molecule has 0 aromatic rings. The van der Waals surface area contributed by atoms with Gasteiger partial charge < -0.3 is 20.3 Å². The molecule has 0 saturated heterocycles. The molecule has 0 saturated carbocycles. The van der Waals surface area contributed by atoms with Crippen LogP contribution in [0.5, 0.6) is 0 Å². The zero-order valence-corrected chi connectivity index (χ0v) is 57.4. The van der Waals surface area contributed by atoms with E-state index < -0.39 is 12.1 Å². The third-order valence-corrected chi connectivity index (χ3v) is 17.9. The first-order valence-electron chi connectivity index (χ1n) is 38.4. The first-order chi connectivity index (χ1) is 42.0. The lowest BCUT2D eigenvalue weighted by Crippen LogP contribution is -2.45. The number of aliphatic hydroxyl groups is 2. The second kappa shape index (κ2) is 74.3. The Labute approximate surface area is 531 Å². The summed E-state index contributed by atoms with van der Waals surface area (Å²) in [7, 11) is 0. The van der Waals surface area contributed by atoms with Gasteiger partial charge in [-0.3, -0.25) is 9.59 Å². The van der Waals surface area contributed by atoms with Gasteiger partial charge in [0.1, 0.15) is 0 Å². The maximum Gasteiger partial charge on any atom is 0.305 e. The smallest absolute Gasteiger partial charge is 0.305 e. The maximum absolute atomic E-state index is 12.6. The summed E-state index contributed by atoms with van der Waals surface area (Å²) in [5.41, 5.74) is 0. The Hall–Kier alpha value is -2.18. The molecule has 0 aliphatic carbocycles. The van der Waals surface area contributed by atoms with Crippen LogP contribution in [0.3, 0.4) is 0 Å². The van der Waals surface area contributed by atoms with Crippen molar-refractivity contribution in [2.45, 2.75) is 431 Å². The SMILES string of the molecule is CCCCCC/C=C\C/C=C\CCCCCCCC(=O)OCCCCCCCCCCC/C=C\C/C=C\CCCCCCCCCCCCCC(=O)NC(CO)C(O)CCCCCCCCCCCCCCCCCCCCCCCCCCC. The van der Waals surface area contributed by atoms with E-state index in [1.165, 1.54) is 327 Å². The molecule has 6 nitrogen and oxygen atoms in total. The van der Waals surface area contributed by atoms with Crippen LogP contribution in [0.1, 0.15) is 418 Å². The van der Waals surface area contributed by atoms with Gasteiger partial charge in [0.05, 0.1) is 25.4 Å². The van der Waals surface area contributed by atoms with Crippen LogP contribution in [0.4, 0.5) is 0 Å². The number of unbranched alkanes of at least 4 members (excludes halogenated alkanes) is 53. The average Bonchev–Trinajstić information content (AvgIpc) is 3.51. The van der Waals surface area contributed by atoms with Gasteiger partial charge in [-0.2, -0.15) is 0 Å². The normalized spacial score (nSPS) is 12.8. The van der Waals surface area contributed by atoms with Gasteiger partial charge in [-0.15, -0.1) is 0 Å². The van der Waals surface area contributed by atoms with E-state index in [9.17, 15) is 19.8 Å². The molecule has 0 spiro atoms. The lowest BCUT2D eigenvalue weighted by molar-refractivity contribution is -0.143. The van der Waals surface area contributed by atoms with E-state index in [1.54, 1.807) is 0 Å². The number of hydrogen-bond donors (Lipinski definition) is 3. The molecule has 0 radical (unpaired) electrons. The summed E-state index contributed by atoms with van der Waals surface area (Å²) in [6.07, 6.45) is 97.5. The van der Waals surface area contributed by atoms with Crippen LogP contribution in [0.25, 0.3) is 0 Å². The van der Waals surface area contributed by atoms with Crippen LogP contribution in [0, 0.1) is 0 Å². The fourth-order valence-corrected chi connectivity index (χ4v) is 12.0. The fourth-order valence-electron chi connectivity index (χ4n) is 12.0. The van der Waals surface area contributed by atoms with Gasteiger partial charge in [0.2, 0.25) is 5.91 Å². The van der Waals surface area contributed by atoms with E-state index in [0.717, 1.165) is 57.8 Å². The van der Waals surface area contributed by atoms with Gasteiger partial charge >= 0.3 is 5.97 Å². The number of esters is 1. The van der Waals surface area contributed by atoms with Crippen molar-refractivity contribution in [3.8, 4) is 0 Å². The summed E-state index contributed by atoms with van der Waals surface area (Å²) in [5.74, 6) is -0.0360. The number of amides is 1. The van der Waals surface area contributed by atoms with Crippen LogP contribution in [-0.4, -0.2) is 47.4 Å². The Kier molecular flexibility index (Phi) is 72.4. The highest BCUT2D eigenvalue weighted by Crippen LogP contribution is 2.19. The minimum atomic E-state index is -0.669. The number of allylic oxidation sites excluding steroid dienone is 8. The predicted molar refractivity (Wildman–Crippen MR) is 375 cm³/mol. The molecule has 0 aliphatic rings. The second-order valence-corrected chi connectivity index (χ2v) is 26.3. The van der Waals surface area contributed by atoms with Crippen molar-refractivity contribution in [1.82, 2.24) is 5.32 Å². The molecule has 0 heterocycles. The van der Waals surface area contributed by atoms with Gasteiger partial charge in [-0.05, 0) is 89.9 Å². The Bertz CT molecular complexity index is 1420. The quantitative estimate of drug-likeness (QED) is 0.0320. The molecular weight excluding hydrogens is 1040 g/mol. The molecule has 0 rings (SSSR count). The third-order valence-electron chi connectivity index (χ3n) is 17.9. The van der Waals surface area contributed by atoms with E-state index >= 15 is 0 Å². The zero-order chi connectivity index (χ0) is 61.3. The van der Waals surface area contributed by atoms with Crippen LogP contribution in [0.2, 0.25) is 0 Å². The topological polar surface area (TPSA) is 95.9 Å². The lowest BCUT2D eigenvalue weighted by Gasteiger charge is -2.22. The summed E-state index contributed by atoms with van der Waals surface area (Å²) >= 11 is 0. The third kappa shape index (κ3) is 70.8. The lowest BCUT2D eigenvalue weighted by atomic mass is 10.0. The molecule has 2 atom stereocenters. The van der Waals surface area contributed by atoms with Gasteiger partial charge in [0.15, 0.2) is 0 Å². The van der Waals surface area contributed by atoms with Crippen LogP contribution >= 0.6 is 0 Å². The first-order valence-corrected chi connectivity index (χ1v) is 38.4. The molecule has 2 unspecified atom stereocenters. The van der Waals surface area contributed by atoms with Crippen molar-refractivity contribution < 1.29 is 24.5 Å². The van der Waals surface area contributed by atoms with Crippen molar-refractivity contribution in [2.24, 2.45) is 0 Å². The van der Waals surface area contributed by atoms with Crippen LogP contribution in [-0.2, 0) is 14.3 Å². The molecule has 500 valence electrons. The molecule has 0 bridgehead atoms. The molecule has 6 heteroatoms. The molecule has 0 fully saturated rings. The molecule has 85 heavy (non-hydrogen) atoms. The van der Waals surface area contributed by atoms with Gasteiger partial charge in [0.25, 0.3) is 0 Å². The van der Waals surface area contributed by atoms with E-state index in [0.29, 0.717) is 25.9 Å². The number of ether oxygens (including phenoxy) is 1. The summed E-state index contributed by atoms with van der Waals surface area (Å²) in [6, 6.07) is -0.547. The summed E-state index contributed by atoms with van der Waals surface area (Å²) in [5, 5.41) is 23.5. The number of nitrogens with one attached hydrogen (secondary N) is 1. The molecular formula is C79H149NO5.